The van der Waals surface area contributed by atoms with Gasteiger partial charge in [0.2, 0.25) is 0 Å². The average Bonchev–Trinajstić information content (AvgIpc) is 2.78. The summed E-state index contributed by atoms with van der Waals surface area (Å²) in [6, 6.07) is 0. The largest absolute Gasteiger partial charge is 0.481 e. The van der Waals surface area contributed by atoms with Gasteiger partial charge in [-0.2, -0.15) is 0 Å². The zero-order chi connectivity index (χ0) is 12.6. The van der Waals surface area contributed by atoms with E-state index in [1.54, 1.807) is 13.1 Å². The number of halogens is 1. The van der Waals surface area contributed by atoms with Crippen molar-refractivity contribution in [3.8, 4) is 0 Å². The van der Waals surface area contributed by atoms with Crippen molar-refractivity contribution in [2.24, 2.45) is 12.5 Å². The standard InChI is InChI=1S/C11H16ClN3O2/c1-11(10(16)17)3-4-15(7-11)6-9-13-5-8(12)14(9)2/h5H,3-4,6-7H2,1-2H3,(H,16,17). The van der Waals surface area contributed by atoms with Crippen LogP contribution in [0.2, 0.25) is 5.15 Å². The highest BCUT2D eigenvalue weighted by Gasteiger charge is 2.40. The Bertz CT molecular complexity index is 446. The molecule has 1 aliphatic heterocycles. The van der Waals surface area contributed by atoms with Crippen LogP contribution in [-0.4, -0.2) is 38.6 Å². The number of nitrogens with zero attached hydrogens (tertiary/aromatic N) is 3. The molecule has 5 nitrogen and oxygen atoms in total. The second-order valence-corrected chi connectivity index (χ2v) is 5.27. The fourth-order valence-electron chi connectivity index (χ4n) is 2.14. The summed E-state index contributed by atoms with van der Waals surface area (Å²) in [5.74, 6) is 0.141. The predicted molar refractivity (Wildman–Crippen MR) is 63.9 cm³/mol. The normalized spacial score (nSPS) is 25.4. The Hall–Kier alpha value is -1.07. The maximum absolute atomic E-state index is 11.1. The molecule has 0 amide bonds. The fraction of sp³-hybridized carbons (Fsp3) is 0.636. The predicted octanol–water partition coefficient (Wildman–Crippen LogP) is 1.37. The first-order chi connectivity index (χ1) is 7.92. The third-order valence-electron chi connectivity index (χ3n) is 3.46. The quantitative estimate of drug-likeness (QED) is 0.889. The van der Waals surface area contributed by atoms with Gasteiger partial charge in [-0.15, -0.1) is 0 Å². The molecule has 17 heavy (non-hydrogen) atoms. The number of hydrogen-bond acceptors (Lipinski definition) is 3. The highest BCUT2D eigenvalue weighted by Crippen LogP contribution is 2.30. The van der Waals surface area contributed by atoms with E-state index in [0.717, 1.165) is 12.4 Å². The number of likely N-dealkylation sites (tertiary alicyclic amines) is 1. The van der Waals surface area contributed by atoms with Crippen LogP contribution in [0.25, 0.3) is 0 Å². The van der Waals surface area contributed by atoms with E-state index in [4.69, 9.17) is 16.7 Å². The number of carboxylic acids is 1. The molecule has 2 heterocycles. The minimum absolute atomic E-state index is 0.562. The Morgan fingerprint density at radius 2 is 2.41 bits per heavy atom. The van der Waals surface area contributed by atoms with Crippen LogP contribution in [0, 0.1) is 5.41 Å². The summed E-state index contributed by atoms with van der Waals surface area (Å²) in [5, 5.41) is 9.74. The molecule has 0 saturated carbocycles. The lowest BCUT2D eigenvalue weighted by atomic mass is 9.90. The van der Waals surface area contributed by atoms with Crippen LogP contribution in [0.1, 0.15) is 19.2 Å². The summed E-state index contributed by atoms with van der Waals surface area (Å²) < 4.78 is 1.82. The summed E-state index contributed by atoms with van der Waals surface area (Å²) in [6.45, 7) is 3.78. The van der Waals surface area contributed by atoms with Crippen molar-refractivity contribution >= 4 is 17.6 Å². The van der Waals surface area contributed by atoms with Crippen molar-refractivity contribution in [3.05, 3.63) is 17.2 Å². The molecule has 0 aromatic carbocycles. The Kier molecular flexibility index (Phi) is 3.14. The van der Waals surface area contributed by atoms with E-state index < -0.39 is 11.4 Å². The van der Waals surface area contributed by atoms with Crippen molar-refractivity contribution in [1.82, 2.24) is 14.5 Å². The van der Waals surface area contributed by atoms with Gasteiger partial charge in [0.05, 0.1) is 18.2 Å². The van der Waals surface area contributed by atoms with Gasteiger partial charge in [0.25, 0.3) is 0 Å². The number of imidazole rings is 1. The Balaban J connectivity index is 2.03. The average molecular weight is 258 g/mol. The van der Waals surface area contributed by atoms with Crippen LogP contribution in [0.3, 0.4) is 0 Å². The first-order valence-corrected chi connectivity index (χ1v) is 5.92. The molecule has 1 saturated heterocycles. The van der Waals surface area contributed by atoms with Crippen LogP contribution in [0.5, 0.6) is 0 Å². The van der Waals surface area contributed by atoms with Gasteiger partial charge in [0, 0.05) is 13.6 Å². The van der Waals surface area contributed by atoms with Gasteiger partial charge in [0.1, 0.15) is 11.0 Å². The fourth-order valence-corrected chi connectivity index (χ4v) is 2.28. The maximum atomic E-state index is 11.1. The van der Waals surface area contributed by atoms with Gasteiger partial charge >= 0.3 is 5.97 Å². The molecule has 0 bridgehead atoms. The summed E-state index contributed by atoms with van der Waals surface area (Å²) in [6.07, 6.45) is 2.30. The molecule has 1 aliphatic rings. The molecule has 1 atom stereocenters. The second-order valence-electron chi connectivity index (χ2n) is 4.88. The van der Waals surface area contributed by atoms with Gasteiger partial charge < -0.3 is 9.67 Å². The number of aliphatic carboxylic acids is 1. The van der Waals surface area contributed by atoms with Crippen molar-refractivity contribution in [2.75, 3.05) is 13.1 Å². The highest BCUT2D eigenvalue weighted by molar-refractivity contribution is 6.29. The topological polar surface area (TPSA) is 58.4 Å². The lowest BCUT2D eigenvalue weighted by molar-refractivity contribution is -0.147. The molecule has 0 aliphatic carbocycles. The van der Waals surface area contributed by atoms with Gasteiger partial charge in [-0.3, -0.25) is 9.69 Å². The first-order valence-electron chi connectivity index (χ1n) is 5.54. The maximum Gasteiger partial charge on any atom is 0.310 e. The minimum Gasteiger partial charge on any atom is -0.481 e. The molecular weight excluding hydrogens is 242 g/mol. The zero-order valence-electron chi connectivity index (χ0n) is 9.98. The molecule has 1 N–H and O–H groups in total. The molecule has 0 spiro atoms. The summed E-state index contributed by atoms with van der Waals surface area (Å²) in [5.41, 5.74) is -0.630. The number of carboxylic acid groups (broad SMARTS) is 1. The van der Waals surface area contributed by atoms with E-state index in [0.29, 0.717) is 24.7 Å². The van der Waals surface area contributed by atoms with Gasteiger partial charge in [-0.25, -0.2) is 4.98 Å². The lowest BCUT2D eigenvalue weighted by Crippen LogP contribution is -2.31. The minimum atomic E-state index is -0.724. The van der Waals surface area contributed by atoms with Crippen molar-refractivity contribution < 1.29 is 9.90 Å². The molecule has 94 valence electrons. The first kappa shape index (κ1) is 12.4. The van der Waals surface area contributed by atoms with Crippen LogP contribution < -0.4 is 0 Å². The molecule has 1 unspecified atom stereocenters. The van der Waals surface area contributed by atoms with E-state index in [-0.39, 0.29) is 0 Å². The number of carbonyl (C=O) groups is 1. The zero-order valence-corrected chi connectivity index (χ0v) is 10.7. The number of aromatic nitrogens is 2. The van der Waals surface area contributed by atoms with Crippen molar-refractivity contribution in [3.63, 3.8) is 0 Å². The summed E-state index contributed by atoms with van der Waals surface area (Å²) >= 11 is 5.91. The van der Waals surface area contributed by atoms with E-state index in [2.05, 4.69) is 9.88 Å². The molecule has 1 fully saturated rings. The van der Waals surface area contributed by atoms with E-state index in [9.17, 15) is 4.79 Å². The third kappa shape index (κ3) is 2.30. The molecule has 1 aromatic heterocycles. The van der Waals surface area contributed by atoms with E-state index in [1.165, 1.54) is 0 Å². The van der Waals surface area contributed by atoms with Crippen LogP contribution in [0.15, 0.2) is 6.20 Å². The Morgan fingerprint density at radius 1 is 1.71 bits per heavy atom. The smallest absolute Gasteiger partial charge is 0.310 e. The van der Waals surface area contributed by atoms with Gasteiger partial charge in [0.15, 0.2) is 0 Å². The van der Waals surface area contributed by atoms with Crippen LogP contribution in [0.4, 0.5) is 0 Å². The molecular formula is C11H16ClN3O2. The number of rotatable bonds is 3. The van der Waals surface area contributed by atoms with Crippen LogP contribution in [-0.2, 0) is 18.4 Å². The lowest BCUT2D eigenvalue weighted by Gasteiger charge is -2.19. The van der Waals surface area contributed by atoms with Gasteiger partial charge in [-0.05, 0) is 19.9 Å². The second kappa shape index (κ2) is 4.31. The third-order valence-corrected chi connectivity index (χ3v) is 3.81. The highest BCUT2D eigenvalue weighted by atomic mass is 35.5. The van der Waals surface area contributed by atoms with E-state index >= 15 is 0 Å². The molecule has 0 radical (unpaired) electrons. The summed E-state index contributed by atoms with van der Waals surface area (Å²) in [7, 11) is 1.86. The van der Waals surface area contributed by atoms with E-state index in [1.807, 2.05) is 11.6 Å². The SMILES string of the molecule is Cn1c(Cl)cnc1CN1CCC(C)(C(=O)O)C1. The Labute approximate surface area is 105 Å². The summed E-state index contributed by atoms with van der Waals surface area (Å²) in [4.78, 5) is 17.4. The van der Waals surface area contributed by atoms with Crippen molar-refractivity contribution in [1.29, 1.82) is 0 Å². The van der Waals surface area contributed by atoms with Crippen molar-refractivity contribution in [2.45, 2.75) is 19.9 Å². The van der Waals surface area contributed by atoms with Gasteiger partial charge in [-0.1, -0.05) is 11.6 Å². The Morgan fingerprint density at radius 3 is 2.88 bits per heavy atom. The number of hydrogen-bond donors (Lipinski definition) is 1. The molecule has 2 rings (SSSR count). The monoisotopic (exact) mass is 257 g/mol. The molecule has 1 aromatic rings. The van der Waals surface area contributed by atoms with Crippen LogP contribution >= 0.6 is 11.6 Å². The molecule has 6 heteroatoms.